The fourth-order valence-corrected chi connectivity index (χ4v) is 6.55. The number of pyridine rings is 2. The second kappa shape index (κ2) is 51.4. The van der Waals surface area contributed by atoms with Crippen molar-refractivity contribution in [3.8, 4) is 0 Å². The molecule has 7 heteroatoms. The SMILES string of the molecule is C.C.C.C.C.C.C.C.CC1C=CN(C)C=C1.CC1CCCCC1.CC1CCCN(C)C1.CC1CCCNC1.CC1CCN(C)CC1.Cc1cc[n+](C)cc1.Cc1ccncc1.[Cl-]. The van der Waals surface area contributed by atoms with Crippen molar-refractivity contribution in [1.82, 2.24) is 25.0 Å². The lowest BCUT2D eigenvalue weighted by Crippen LogP contribution is -3.00. The van der Waals surface area contributed by atoms with E-state index in [0.29, 0.717) is 5.92 Å². The van der Waals surface area contributed by atoms with Crippen molar-refractivity contribution >= 4 is 0 Å². The summed E-state index contributed by atoms with van der Waals surface area (Å²) in [4.78, 5) is 10.7. The Labute approximate surface area is 400 Å². The number of nitrogens with zero attached hydrogens (tertiary/aromatic N) is 5. The fraction of sp³-hybridized carbons (Fsp3) is 0.745. The first kappa shape index (κ1) is 80.1. The number of likely N-dealkylation sites (tertiary alicyclic amines) is 2. The highest BCUT2D eigenvalue weighted by Crippen LogP contribution is 2.22. The van der Waals surface area contributed by atoms with Gasteiger partial charge < -0.3 is 32.4 Å². The van der Waals surface area contributed by atoms with E-state index in [9.17, 15) is 0 Å². The number of halogens is 1. The minimum absolute atomic E-state index is 0. The molecule has 3 saturated heterocycles. The van der Waals surface area contributed by atoms with E-state index in [4.69, 9.17) is 0 Å². The topological polar surface area (TPSA) is 38.5 Å². The van der Waals surface area contributed by atoms with Gasteiger partial charge in [-0.1, -0.05) is 138 Å². The Morgan fingerprint density at radius 1 is 0.548 bits per heavy atom. The van der Waals surface area contributed by atoms with Gasteiger partial charge in [-0.15, -0.1) is 0 Å². The van der Waals surface area contributed by atoms with Crippen LogP contribution in [0.25, 0.3) is 0 Å². The second-order valence-electron chi connectivity index (χ2n) is 17.0. The summed E-state index contributed by atoms with van der Waals surface area (Å²) < 4.78 is 2.02. The number of allylic oxidation sites excluding steroid dienone is 2. The summed E-state index contributed by atoms with van der Waals surface area (Å²) in [5, 5.41) is 3.33. The highest BCUT2D eigenvalue weighted by Gasteiger charge is 2.12. The fourth-order valence-electron chi connectivity index (χ4n) is 6.55. The molecule has 6 nitrogen and oxygen atoms in total. The zero-order valence-electron chi connectivity index (χ0n) is 36.9. The Kier molecular flexibility index (Phi) is 66.4. The van der Waals surface area contributed by atoms with E-state index < -0.39 is 0 Å². The van der Waals surface area contributed by atoms with Gasteiger partial charge in [-0.2, -0.15) is 0 Å². The monoisotopic (exact) mass is 897 g/mol. The third-order valence-corrected chi connectivity index (χ3v) is 10.5. The van der Waals surface area contributed by atoms with Gasteiger partial charge in [0.15, 0.2) is 12.4 Å². The van der Waals surface area contributed by atoms with Gasteiger partial charge in [-0.05, 0) is 164 Å². The predicted molar refractivity (Wildman–Crippen MR) is 286 cm³/mol. The zero-order valence-corrected chi connectivity index (χ0v) is 37.7. The van der Waals surface area contributed by atoms with Crippen molar-refractivity contribution in [2.24, 2.45) is 36.6 Å². The Balaban J connectivity index is -0.0000000738. The van der Waals surface area contributed by atoms with Crippen molar-refractivity contribution in [3.63, 3.8) is 0 Å². The number of aryl methyl sites for hydroxylation is 3. The highest BCUT2D eigenvalue weighted by atomic mass is 35.5. The zero-order chi connectivity index (χ0) is 39.3. The van der Waals surface area contributed by atoms with E-state index in [2.05, 4.69) is 112 Å². The standard InChI is InChI=1S/C7H15N.C7H11N.C7H10N.C7H15N.C7H14.C6H7N.C6H13N.8CH4.ClH/c3*1-7-3-5-8(2)6-4-7;1-7-4-3-5-8(2)6-7;1-7-5-3-2-4-6-7;1-6-2-4-7-5-3-6;1-6-3-2-4-7-5-6;;;;;;;;;/h7H,3-6H2,1-2H3;3-7H,1-2H3;3-6H,1-2H3;7H,3-6H2,1-2H3;7H,2-6H2,1H3;2-5H,1H3;6-7H,2-5H2,1H3;8*1H4;1H/q;;+1;;;;;;;;;;;;;/p-1. The summed E-state index contributed by atoms with van der Waals surface area (Å²) in [6.45, 7) is 23.3. The number of hydrogen-bond acceptors (Lipinski definition) is 5. The summed E-state index contributed by atoms with van der Waals surface area (Å²) in [5.41, 5.74) is 2.57. The Hall–Kier alpha value is -2.25. The van der Waals surface area contributed by atoms with Crippen LogP contribution < -0.4 is 22.3 Å². The smallest absolute Gasteiger partial charge is 0.168 e. The molecule has 0 amide bonds. The summed E-state index contributed by atoms with van der Waals surface area (Å²) in [7, 11) is 8.44. The van der Waals surface area contributed by atoms with E-state index in [1.54, 1.807) is 12.4 Å². The lowest BCUT2D eigenvalue weighted by Gasteiger charge is -2.26. The first-order valence-electron chi connectivity index (χ1n) is 21.3. The summed E-state index contributed by atoms with van der Waals surface area (Å²) in [6.07, 6.45) is 32.0. The number of hydrogen-bond donors (Lipinski definition) is 1. The van der Waals surface area contributed by atoms with Crippen LogP contribution in [0.1, 0.15) is 176 Å². The number of rotatable bonds is 0. The molecule has 0 spiro atoms. The molecule has 5 aliphatic rings. The molecule has 4 aliphatic heterocycles. The maximum Gasteiger partial charge on any atom is 0.168 e. The average Bonchev–Trinajstić information content (AvgIpc) is 3.15. The van der Waals surface area contributed by atoms with Gasteiger partial charge in [0.25, 0.3) is 0 Å². The summed E-state index contributed by atoms with van der Waals surface area (Å²) in [5.74, 6) is 4.49. The van der Waals surface area contributed by atoms with Crippen molar-refractivity contribution in [1.29, 1.82) is 0 Å². The minimum atomic E-state index is 0. The van der Waals surface area contributed by atoms with Crippen LogP contribution >= 0.6 is 0 Å². The van der Waals surface area contributed by atoms with E-state index in [1.807, 2.05) is 55.0 Å². The lowest BCUT2D eigenvalue weighted by atomic mass is 9.91. The number of nitrogens with one attached hydrogen (secondary N) is 1. The van der Waals surface area contributed by atoms with Gasteiger partial charge >= 0.3 is 0 Å². The Morgan fingerprint density at radius 3 is 1.29 bits per heavy atom. The molecule has 2 aromatic rings. The molecule has 0 bridgehead atoms. The van der Waals surface area contributed by atoms with Gasteiger partial charge in [0.2, 0.25) is 0 Å². The lowest BCUT2D eigenvalue weighted by molar-refractivity contribution is -0.671. The summed E-state index contributed by atoms with van der Waals surface area (Å²) in [6, 6.07) is 8.11. The van der Waals surface area contributed by atoms with Crippen LogP contribution in [-0.2, 0) is 7.05 Å². The second-order valence-corrected chi connectivity index (χ2v) is 17.0. The van der Waals surface area contributed by atoms with Gasteiger partial charge in [-0.25, -0.2) is 4.57 Å². The average molecular weight is 898 g/mol. The minimum Gasteiger partial charge on any atom is -1.00 e. The van der Waals surface area contributed by atoms with Crippen LogP contribution in [0.3, 0.4) is 0 Å². The Bertz CT molecular complexity index is 1070. The molecule has 1 saturated carbocycles. The third kappa shape index (κ3) is 48.8. The quantitative estimate of drug-likeness (QED) is 0.267. The molecule has 4 fully saturated rings. The summed E-state index contributed by atoms with van der Waals surface area (Å²) >= 11 is 0. The van der Waals surface area contributed by atoms with Crippen LogP contribution in [0, 0.1) is 43.4 Å². The van der Waals surface area contributed by atoms with Gasteiger partial charge in [-0.3, -0.25) is 4.98 Å². The predicted octanol–water partition coefficient (Wildman–Crippen LogP) is 12.2. The molecule has 6 heterocycles. The highest BCUT2D eigenvalue weighted by molar-refractivity contribution is 5.06. The van der Waals surface area contributed by atoms with E-state index in [-0.39, 0.29) is 71.8 Å². The normalized spacial score (nSPS) is 19.0. The maximum absolute atomic E-state index is 3.85. The Morgan fingerprint density at radius 2 is 1.00 bits per heavy atom. The van der Waals surface area contributed by atoms with Gasteiger partial charge in [0.05, 0.1) is 0 Å². The molecule has 374 valence electrons. The molecular weight excluding hydrogens is 780 g/mol. The maximum atomic E-state index is 3.85. The molecule has 0 radical (unpaired) electrons. The first-order valence-corrected chi connectivity index (χ1v) is 21.3. The van der Waals surface area contributed by atoms with Crippen molar-refractivity contribution in [3.05, 3.63) is 84.7 Å². The largest absolute Gasteiger partial charge is 1.00 e. The van der Waals surface area contributed by atoms with Crippen LogP contribution in [0.4, 0.5) is 0 Å². The van der Waals surface area contributed by atoms with Crippen LogP contribution in [-0.4, -0.2) is 80.1 Å². The van der Waals surface area contributed by atoms with Crippen LogP contribution in [0.15, 0.2) is 73.6 Å². The van der Waals surface area contributed by atoms with Crippen molar-refractivity contribution in [2.45, 2.75) is 179 Å². The molecule has 1 N–H and O–H groups in total. The molecule has 7 rings (SSSR count). The third-order valence-electron chi connectivity index (χ3n) is 10.5. The molecule has 2 atom stereocenters. The van der Waals surface area contributed by atoms with Crippen LogP contribution in [0.5, 0.6) is 0 Å². The molecule has 1 aliphatic carbocycles. The van der Waals surface area contributed by atoms with Crippen molar-refractivity contribution < 1.29 is 17.0 Å². The van der Waals surface area contributed by atoms with E-state index >= 15 is 0 Å². The van der Waals surface area contributed by atoms with E-state index in [0.717, 1.165) is 23.7 Å². The molecule has 62 heavy (non-hydrogen) atoms. The van der Waals surface area contributed by atoms with Crippen LogP contribution in [0.2, 0.25) is 0 Å². The molecule has 0 aromatic carbocycles. The van der Waals surface area contributed by atoms with Gasteiger partial charge in [0.1, 0.15) is 7.05 Å². The number of aromatic nitrogens is 2. The molecule has 2 aromatic heterocycles. The first-order chi connectivity index (χ1) is 25.3. The van der Waals surface area contributed by atoms with E-state index in [1.165, 1.54) is 121 Å². The van der Waals surface area contributed by atoms with Gasteiger partial charge in [0, 0.05) is 38.1 Å². The number of piperidine rings is 3. The molecule has 2 unspecified atom stereocenters. The molecular formula is C55H117ClN6. The van der Waals surface area contributed by atoms with Crippen molar-refractivity contribution in [2.75, 3.05) is 60.4 Å².